The molecule has 0 saturated heterocycles. The summed E-state index contributed by atoms with van der Waals surface area (Å²) in [6.07, 6.45) is 3.49. The highest BCUT2D eigenvalue weighted by Crippen LogP contribution is 2.29. The van der Waals surface area contributed by atoms with Crippen LogP contribution < -0.4 is 16.4 Å². The van der Waals surface area contributed by atoms with Crippen molar-refractivity contribution in [3.05, 3.63) is 58.5 Å². The average molecular weight is 604 g/mol. The fourth-order valence-corrected chi connectivity index (χ4v) is 5.03. The highest BCUT2D eigenvalue weighted by atomic mass is 16.6. The number of carbonyl (C=O) groups is 4. The van der Waals surface area contributed by atoms with Gasteiger partial charge in [0.05, 0.1) is 30.2 Å². The number of amides is 2. The molecule has 0 fully saturated rings. The van der Waals surface area contributed by atoms with Crippen LogP contribution in [0.5, 0.6) is 0 Å². The summed E-state index contributed by atoms with van der Waals surface area (Å²) < 4.78 is 16.5. The molecule has 2 aliphatic rings. The topological polar surface area (TPSA) is 187 Å². The smallest absolute Gasteiger partial charge is 0.405 e. The van der Waals surface area contributed by atoms with Gasteiger partial charge in [-0.1, -0.05) is 38.2 Å². The van der Waals surface area contributed by atoms with E-state index in [1.54, 1.807) is 32.9 Å². The molecule has 2 amide bonds. The van der Waals surface area contributed by atoms with E-state index in [0.29, 0.717) is 12.0 Å². The Morgan fingerprint density at radius 2 is 1.86 bits per heavy atom. The first-order valence-electron chi connectivity index (χ1n) is 14.2. The molecule has 12 nitrogen and oxygen atoms in total. The summed E-state index contributed by atoms with van der Waals surface area (Å²) in [6, 6.07) is -0.504. The van der Waals surface area contributed by atoms with Crippen molar-refractivity contribution in [3.8, 4) is 0 Å². The number of rotatable bonds is 6. The number of aliphatic hydroxyl groups excluding tert-OH is 2. The standard InChI is InChI=1S/C31H45N3O9/c1-16-11-21-26(33-20(5)15-35)23(36)14-22(28(21)38)34-30(39)17(2)9-8-10-24(41-6)29(43-31(32)40)19(4)13-18(3)27(37)25(12-16)42-7/h8-10,13-14,16,18,20,24-25,27,29,33,35,37H,11-12,15H2,1-7H3,(H2,32,40)(H,34,39)/b10-8+,17-9-,19-13+/t16-,18+,20+,24+,25+,27-,29+/m1/s1. The number of fused-ring (bicyclic) bond motifs is 2. The van der Waals surface area contributed by atoms with Gasteiger partial charge in [-0.15, -0.1) is 0 Å². The van der Waals surface area contributed by atoms with Crippen molar-refractivity contribution in [2.45, 2.75) is 77.9 Å². The molecule has 0 unspecified atom stereocenters. The number of Topliss-reactive ketones (excluding diaryl/α,β-unsaturated/α-hetero) is 1. The predicted octanol–water partition coefficient (Wildman–Crippen LogP) is 1.73. The molecule has 1 aliphatic carbocycles. The Morgan fingerprint density at radius 3 is 2.44 bits per heavy atom. The summed E-state index contributed by atoms with van der Waals surface area (Å²) in [6.45, 7) is 8.31. The van der Waals surface area contributed by atoms with Crippen LogP contribution in [0.2, 0.25) is 0 Å². The van der Waals surface area contributed by atoms with Gasteiger partial charge in [0.25, 0.3) is 5.91 Å². The second-order valence-corrected chi connectivity index (χ2v) is 11.2. The Bertz CT molecular complexity index is 1220. The van der Waals surface area contributed by atoms with Gasteiger partial charge in [-0.25, -0.2) is 4.79 Å². The lowest BCUT2D eigenvalue weighted by atomic mass is 9.85. The number of aliphatic hydroxyl groups is 2. The van der Waals surface area contributed by atoms with Crippen LogP contribution in [0.1, 0.15) is 47.5 Å². The van der Waals surface area contributed by atoms with Crippen LogP contribution in [0.3, 0.4) is 0 Å². The van der Waals surface area contributed by atoms with Gasteiger partial charge in [-0.2, -0.15) is 0 Å². The molecule has 0 radical (unpaired) electrons. The van der Waals surface area contributed by atoms with Crippen LogP contribution in [-0.2, 0) is 28.6 Å². The molecule has 1 aliphatic heterocycles. The van der Waals surface area contributed by atoms with Gasteiger partial charge in [0.1, 0.15) is 6.10 Å². The van der Waals surface area contributed by atoms with E-state index in [1.807, 2.05) is 6.92 Å². The second kappa shape index (κ2) is 16.3. The maximum absolute atomic E-state index is 13.6. The first-order valence-corrected chi connectivity index (χ1v) is 14.2. The largest absolute Gasteiger partial charge is 0.439 e. The molecule has 12 heteroatoms. The number of primary amides is 1. The maximum atomic E-state index is 13.6. The van der Waals surface area contributed by atoms with Crippen molar-refractivity contribution < 1.29 is 43.6 Å². The summed E-state index contributed by atoms with van der Waals surface area (Å²) in [5.41, 5.74) is 6.19. The molecule has 7 atom stereocenters. The zero-order valence-corrected chi connectivity index (χ0v) is 25.9. The molecule has 0 aromatic carbocycles. The van der Waals surface area contributed by atoms with Gasteiger partial charge >= 0.3 is 6.09 Å². The normalized spacial score (nSPS) is 32.0. The molecular weight excluding hydrogens is 558 g/mol. The van der Waals surface area contributed by atoms with E-state index in [-0.39, 0.29) is 41.5 Å². The fraction of sp³-hybridized carbons (Fsp3) is 0.548. The Kier molecular flexibility index (Phi) is 13.5. The predicted molar refractivity (Wildman–Crippen MR) is 159 cm³/mol. The van der Waals surface area contributed by atoms with Crippen LogP contribution in [-0.4, -0.2) is 85.1 Å². The number of nitrogens with two attached hydrogens (primary N) is 1. The van der Waals surface area contributed by atoms with E-state index in [1.165, 1.54) is 33.3 Å². The zero-order chi connectivity index (χ0) is 32.4. The summed E-state index contributed by atoms with van der Waals surface area (Å²) in [4.78, 5) is 51.5. The van der Waals surface area contributed by atoms with Gasteiger partial charge < -0.3 is 40.8 Å². The number of hydrogen-bond donors (Lipinski definition) is 5. The lowest BCUT2D eigenvalue weighted by Crippen LogP contribution is -2.39. The molecule has 6 N–H and O–H groups in total. The Balaban J connectivity index is 2.64. The summed E-state index contributed by atoms with van der Waals surface area (Å²) in [7, 11) is 2.90. The summed E-state index contributed by atoms with van der Waals surface area (Å²) in [5.74, 6) is -2.35. The summed E-state index contributed by atoms with van der Waals surface area (Å²) >= 11 is 0. The van der Waals surface area contributed by atoms with Crippen molar-refractivity contribution in [2.75, 3.05) is 20.8 Å². The van der Waals surface area contributed by atoms with Gasteiger partial charge in [0.15, 0.2) is 6.10 Å². The highest BCUT2D eigenvalue weighted by Gasteiger charge is 2.33. The zero-order valence-electron chi connectivity index (χ0n) is 25.9. The Labute approximate surface area is 252 Å². The van der Waals surface area contributed by atoms with E-state index in [0.717, 1.165) is 6.08 Å². The summed E-state index contributed by atoms with van der Waals surface area (Å²) in [5, 5.41) is 26.3. The van der Waals surface area contributed by atoms with E-state index in [2.05, 4.69) is 10.6 Å². The lowest BCUT2D eigenvalue weighted by molar-refractivity contribution is -0.120. The molecule has 238 valence electrons. The molecule has 1 heterocycles. The molecule has 0 saturated carbocycles. The minimum Gasteiger partial charge on any atom is -0.439 e. The van der Waals surface area contributed by atoms with Crippen LogP contribution >= 0.6 is 0 Å². The Morgan fingerprint density at radius 1 is 1.19 bits per heavy atom. The van der Waals surface area contributed by atoms with Crippen molar-refractivity contribution >= 4 is 23.6 Å². The molecule has 2 rings (SSSR count). The van der Waals surface area contributed by atoms with Crippen LogP contribution in [0.25, 0.3) is 0 Å². The van der Waals surface area contributed by atoms with Crippen molar-refractivity contribution in [2.24, 2.45) is 17.6 Å². The monoisotopic (exact) mass is 603 g/mol. The van der Waals surface area contributed by atoms with Crippen molar-refractivity contribution in [3.63, 3.8) is 0 Å². The number of ketones is 2. The molecule has 43 heavy (non-hydrogen) atoms. The minimum atomic E-state index is -1.01. The quantitative estimate of drug-likeness (QED) is 0.221. The number of carbonyl (C=O) groups excluding carboxylic acids is 4. The third-order valence-electron chi connectivity index (χ3n) is 7.46. The van der Waals surface area contributed by atoms with E-state index < -0.39 is 59.9 Å². The number of nitrogens with one attached hydrogen (secondary N) is 2. The lowest BCUT2D eigenvalue weighted by Gasteiger charge is -2.30. The Hall–Kier alpha value is -3.58. The molecule has 0 spiro atoms. The minimum absolute atomic E-state index is 0.0602. The van der Waals surface area contributed by atoms with Crippen LogP contribution in [0, 0.1) is 11.8 Å². The highest BCUT2D eigenvalue weighted by molar-refractivity contribution is 6.23. The van der Waals surface area contributed by atoms with Crippen molar-refractivity contribution in [1.82, 2.24) is 10.6 Å². The van der Waals surface area contributed by atoms with Crippen LogP contribution in [0.15, 0.2) is 58.5 Å². The number of ether oxygens (including phenoxy) is 3. The molecule has 2 bridgehead atoms. The SMILES string of the molecule is CO[C@H]1/C=C/C=C(/C)C(=O)NC2=CC(=O)C(N[C@@H](C)CO)=C(C[C@@H](C)C[C@H](OC)[C@H](O)[C@@H](C)/C=C(\C)[C@@H]1OC(N)=O)C2=O. The first-order chi connectivity index (χ1) is 20.2. The number of allylic oxidation sites excluding steroid dienone is 4. The third-order valence-corrected chi connectivity index (χ3v) is 7.46. The van der Waals surface area contributed by atoms with E-state index in [9.17, 15) is 29.4 Å². The number of methoxy groups -OCH3 is 2. The first kappa shape index (κ1) is 35.6. The molecule has 0 aromatic rings. The van der Waals surface area contributed by atoms with Gasteiger partial charge in [0, 0.05) is 43.4 Å². The van der Waals surface area contributed by atoms with Crippen molar-refractivity contribution in [1.29, 1.82) is 0 Å². The average Bonchev–Trinajstić information content (AvgIpc) is 2.95. The van der Waals surface area contributed by atoms with E-state index >= 15 is 0 Å². The third kappa shape index (κ3) is 9.72. The fourth-order valence-electron chi connectivity index (χ4n) is 5.03. The maximum Gasteiger partial charge on any atom is 0.405 e. The van der Waals surface area contributed by atoms with Gasteiger partial charge in [0.2, 0.25) is 11.6 Å². The molecular formula is C31H45N3O9. The van der Waals surface area contributed by atoms with Gasteiger partial charge in [-0.05, 0) is 45.1 Å². The van der Waals surface area contributed by atoms with E-state index in [4.69, 9.17) is 19.9 Å². The second-order valence-electron chi connectivity index (χ2n) is 11.2. The number of hydrogen-bond acceptors (Lipinski definition) is 10. The van der Waals surface area contributed by atoms with Crippen LogP contribution in [0.4, 0.5) is 4.79 Å². The van der Waals surface area contributed by atoms with Gasteiger partial charge in [-0.3, -0.25) is 14.4 Å². The molecule has 0 aromatic heterocycles.